The minimum Gasteiger partial charge on any atom is -0.284 e. The van der Waals surface area contributed by atoms with Crippen molar-refractivity contribution in [1.29, 1.82) is 0 Å². The molecule has 4 nitrogen and oxygen atoms in total. The largest absolute Gasteiger partial charge is 0.284 e. The zero-order valence-corrected chi connectivity index (χ0v) is 14.1. The fraction of sp³-hybridized carbons (Fsp3) is 0.333. The zero-order chi connectivity index (χ0) is 16.4. The normalized spacial score (nSPS) is 22.0. The van der Waals surface area contributed by atoms with E-state index >= 15 is 0 Å². The van der Waals surface area contributed by atoms with Crippen LogP contribution in [0.25, 0.3) is 0 Å². The standard InChI is InChI=1S/C18H21NO3S/c1-14-17(22-23(2,20)21)13-19(14)18(15-9-5-3-6-10-15)16-11-7-4-8-12-16/h3-12,14,17-18H,13H2,1-2H3/t14-,17-/m1/s1. The summed E-state index contributed by atoms with van der Waals surface area (Å²) in [5, 5.41) is 0. The lowest BCUT2D eigenvalue weighted by Gasteiger charge is -2.49. The summed E-state index contributed by atoms with van der Waals surface area (Å²) in [5.41, 5.74) is 2.40. The van der Waals surface area contributed by atoms with Gasteiger partial charge in [0.25, 0.3) is 10.1 Å². The summed E-state index contributed by atoms with van der Waals surface area (Å²) in [6, 6.07) is 20.7. The molecule has 1 aliphatic rings. The van der Waals surface area contributed by atoms with Crippen molar-refractivity contribution in [3.05, 3.63) is 71.8 Å². The number of hydrogen-bond donors (Lipinski definition) is 0. The smallest absolute Gasteiger partial charge is 0.264 e. The van der Waals surface area contributed by atoms with Gasteiger partial charge in [-0.15, -0.1) is 0 Å². The van der Waals surface area contributed by atoms with Crippen LogP contribution in [0, 0.1) is 0 Å². The summed E-state index contributed by atoms with van der Waals surface area (Å²) in [4.78, 5) is 2.28. The van der Waals surface area contributed by atoms with Crippen molar-refractivity contribution in [1.82, 2.24) is 4.90 Å². The van der Waals surface area contributed by atoms with Crippen molar-refractivity contribution in [2.45, 2.75) is 25.1 Å². The van der Waals surface area contributed by atoms with Crippen LogP contribution in [-0.4, -0.2) is 38.3 Å². The van der Waals surface area contributed by atoms with Crippen LogP contribution in [0.15, 0.2) is 60.7 Å². The monoisotopic (exact) mass is 331 g/mol. The first-order valence-corrected chi connectivity index (χ1v) is 9.51. The number of hydrogen-bond acceptors (Lipinski definition) is 4. The summed E-state index contributed by atoms with van der Waals surface area (Å²) >= 11 is 0. The Labute approximate surface area is 137 Å². The maximum Gasteiger partial charge on any atom is 0.264 e. The summed E-state index contributed by atoms with van der Waals surface area (Å²) in [5.74, 6) is 0. The molecular weight excluding hydrogens is 310 g/mol. The highest BCUT2D eigenvalue weighted by molar-refractivity contribution is 7.86. The Bertz CT molecular complexity index is 707. The molecule has 0 radical (unpaired) electrons. The van der Waals surface area contributed by atoms with E-state index in [2.05, 4.69) is 29.2 Å². The molecule has 1 aliphatic heterocycles. The topological polar surface area (TPSA) is 46.6 Å². The molecule has 1 fully saturated rings. The Kier molecular flexibility index (Phi) is 4.53. The minimum absolute atomic E-state index is 0.0372. The summed E-state index contributed by atoms with van der Waals surface area (Å²) in [6.45, 7) is 2.61. The van der Waals surface area contributed by atoms with Crippen LogP contribution < -0.4 is 0 Å². The van der Waals surface area contributed by atoms with Gasteiger partial charge in [0.05, 0.1) is 12.3 Å². The fourth-order valence-electron chi connectivity index (χ4n) is 3.12. The van der Waals surface area contributed by atoms with E-state index in [1.165, 1.54) is 11.1 Å². The van der Waals surface area contributed by atoms with Crippen LogP contribution in [0.2, 0.25) is 0 Å². The van der Waals surface area contributed by atoms with Crippen molar-refractivity contribution in [2.75, 3.05) is 12.8 Å². The van der Waals surface area contributed by atoms with Gasteiger partial charge in [-0.05, 0) is 18.1 Å². The highest BCUT2D eigenvalue weighted by atomic mass is 32.2. The van der Waals surface area contributed by atoms with Gasteiger partial charge in [0.2, 0.25) is 0 Å². The molecule has 122 valence electrons. The number of likely N-dealkylation sites (tertiary alicyclic amines) is 1. The average molecular weight is 331 g/mol. The Hall–Kier alpha value is -1.69. The van der Waals surface area contributed by atoms with Crippen LogP contribution in [0.1, 0.15) is 24.1 Å². The maximum absolute atomic E-state index is 11.4. The molecule has 0 amide bonds. The van der Waals surface area contributed by atoms with Gasteiger partial charge in [0, 0.05) is 12.6 Å². The van der Waals surface area contributed by atoms with Gasteiger partial charge in [0.15, 0.2) is 0 Å². The van der Waals surface area contributed by atoms with Crippen molar-refractivity contribution >= 4 is 10.1 Å². The van der Waals surface area contributed by atoms with Crippen LogP contribution in [0.5, 0.6) is 0 Å². The van der Waals surface area contributed by atoms with Crippen molar-refractivity contribution in [3.63, 3.8) is 0 Å². The molecule has 0 saturated carbocycles. The number of nitrogens with zero attached hydrogens (tertiary/aromatic N) is 1. The predicted octanol–water partition coefficient (Wildman–Crippen LogP) is 2.82. The second-order valence-electron chi connectivity index (χ2n) is 6.00. The van der Waals surface area contributed by atoms with Gasteiger partial charge in [-0.1, -0.05) is 60.7 Å². The molecule has 3 rings (SSSR count). The average Bonchev–Trinajstić information content (AvgIpc) is 2.54. The van der Waals surface area contributed by atoms with Crippen molar-refractivity contribution < 1.29 is 12.6 Å². The van der Waals surface area contributed by atoms with Crippen molar-refractivity contribution in [3.8, 4) is 0 Å². The van der Waals surface area contributed by atoms with Crippen LogP contribution in [0.3, 0.4) is 0 Å². The molecule has 2 aromatic rings. The first kappa shape index (κ1) is 16.2. The highest BCUT2D eigenvalue weighted by Crippen LogP contribution is 2.37. The van der Waals surface area contributed by atoms with Gasteiger partial charge >= 0.3 is 0 Å². The van der Waals surface area contributed by atoms with Gasteiger partial charge in [-0.3, -0.25) is 9.08 Å². The highest BCUT2D eigenvalue weighted by Gasteiger charge is 2.43. The van der Waals surface area contributed by atoms with E-state index in [4.69, 9.17) is 4.18 Å². The Morgan fingerprint density at radius 2 is 1.48 bits per heavy atom. The summed E-state index contributed by atoms with van der Waals surface area (Å²) in [7, 11) is -3.42. The van der Waals surface area contributed by atoms with E-state index in [0.717, 1.165) is 6.26 Å². The van der Waals surface area contributed by atoms with E-state index in [1.54, 1.807) is 0 Å². The molecule has 2 atom stereocenters. The molecule has 1 heterocycles. The van der Waals surface area contributed by atoms with E-state index < -0.39 is 10.1 Å². The van der Waals surface area contributed by atoms with Crippen LogP contribution in [0.4, 0.5) is 0 Å². The van der Waals surface area contributed by atoms with Crippen LogP contribution >= 0.6 is 0 Å². The molecule has 0 unspecified atom stereocenters. The molecule has 0 aliphatic carbocycles. The number of benzene rings is 2. The Balaban J connectivity index is 1.87. The van der Waals surface area contributed by atoms with Gasteiger partial charge in [-0.2, -0.15) is 8.42 Å². The molecule has 0 spiro atoms. The third kappa shape index (κ3) is 3.63. The van der Waals surface area contributed by atoms with Gasteiger partial charge in [-0.25, -0.2) is 0 Å². The first-order valence-electron chi connectivity index (χ1n) is 7.69. The SMILES string of the molecule is C[C@@H]1[C@H](OS(C)(=O)=O)CN1C(c1ccccc1)c1ccccc1. The third-order valence-electron chi connectivity index (χ3n) is 4.31. The predicted molar refractivity (Wildman–Crippen MR) is 90.6 cm³/mol. The molecule has 5 heteroatoms. The lowest BCUT2D eigenvalue weighted by Crippen LogP contribution is -2.61. The van der Waals surface area contributed by atoms with E-state index in [9.17, 15) is 8.42 Å². The maximum atomic E-state index is 11.4. The van der Waals surface area contributed by atoms with E-state index in [-0.39, 0.29) is 18.2 Å². The second kappa shape index (κ2) is 6.43. The third-order valence-corrected chi connectivity index (χ3v) is 4.91. The molecule has 0 bridgehead atoms. The molecular formula is C18H21NO3S. The molecule has 23 heavy (non-hydrogen) atoms. The van der Waals surface area contributed by atoms with Gasteiger partial charge < -0.3 is 0 Å². The molecule has 1 saturated heterocycles. The van der Waals surface area contributed by atoms with Gasteiger partial charge in [0.1, 0.15) is 6.10 Å². The fourth-order valence-corrected chi connectivity index (χ4v) is 3.79. The lowest BCUT2D eigenvalue weighted by molar-refractivity contribution is -0.0508. The van der Waals surface area contributed by atoms with E-state index in [1.807, 2.05) is 43.3 Å². The minimum atomic E-state index is -3.42. The summed E-state index contributed by atoms with van der Waals surface area (Å²) in [6.07, 6.45) is 0.828. The quantitative estimate of drug-likeness (QED) is 0.791. The lowest BCUT2D eigenvalue weighted by atomic mass is 9.90. The Morgan fingerprint density at radius 1 is 1.00 bits per heavy atom. The van der Waals surface area contributed by atoms with E-state index in [0.29, 0.717) is 6.54 Å². The second-order valence-corrected chi connectivity index (χ2v) is 7.60. The Morgan fingerprint density at radius 3 is 1.87 bits per heavy atom. The van der Waals surface area contributed by atoms with Crippen molar-refractivity contribution in [2.24, 2.45) is 0 Å². The number of rotatable bonds is 5. The molecule has 2 aromatic carbocycles. The molecule has 0 N–H and O–H groups in total. The molecule has 0 aromatic heterocycles. The summed E-state index contributed by atoms with van der Waals surface area (Å²) < 4.78 is 27.9. The zero-order valence-electron chi connectivity index (χ0n) is 13.3. The van der Waals surface area contributed by atoms with Crippen LogP contribution in [-0.2, 0) is 14.3 Å². The first-order chi connectivity index (χ1) is 11.0.